The topological polar surface area (TPSA) is 64.2 Å². The number of nitrogens with zero attached hydrogens (tertiary/aromatic N) is 4. The molecule has 0 N–H and O–H groups in total. The Morgan fingerprint density at radius 3 is 2.87 bits per heavy atom. The van der Waals surface area contributed by atoms with Gasteiger partial charge in [-0.25, -0.2) is 4.68 Å². The van der Waals surface area contributed by atoms with Gasteiger partial charge in [-0.2, -0.15) is 18.3 Å². The summed E-state index contributed by atoms with van der Waals surface area (Å²) in [6.07, 6.45) is -0.0923. The SMILES string of the molecule is O=c1c(Br)c(N2CCC[C@H]2c2ccon2)cnn1CC(F)(F)F. The van der Waals surface area contributed by atoms with Gasteiger partial charge in [-0.1, -0.05) is 5.16 Å². The zero-order chi connectivity index (χ0) is 16.6. The van der Waals surface area contributed by atoms with E-state index in [2.05, 4.69) is 26.2 Å². The Bertz CT molecular complexity index is 745. The Balaban J connectivity index is 1.94. The highest BCUT2D eigenvalue weighted by molar-refractivity contribution is 9.10. The fourth-order valence-corrected chi connectivity index (χ4v) is 3.23. The van der Waals surface area contributed by atoms with Crippen molar-refractivity contribution in [3.8, 4) is 0 Å². The zero-order valence-electron chi connectivity index (χ0n) is 11.8. The summed E-state index contributed by atoms with van der Waals surface area (Å²) in [5.74, 6) is 0. The van der Waals surface area contributed by atoms with E-state index < -0.39 is 18.3 Å². The Hall–Kier alpha value is -1.84. The summed E-state index contributed by atoms with van der Waals surface area (Å²) >= 11 is 3.11. The molecule has 1 fully saturated rings. The van der Waals surface area contributed by atoms with Gasteiger partial charge < -0.3 is 9.42 Å². The normalized spacial score (nSPS) is 18.6. The van der Waals surface area contributed by atoms with E-state index in [1.807, 2.05) is 4.90 Å². The lowest BCUT2D eigenvalue weighted by Crippen LogP contribution is -2.33. The Morgan fingerprint density at radius 2 is 2.22 bits per heavy atom. The molecule has 23 heavy (non-hydrogen) atoms. The van der Waals surface area contributed by atoms with Crippen LogP contribution in [0.1, 0.15) is 24.6 Å². The van der Waals surface area contributed by atoms with Crippen LogP contribution < -0.4 is 10.5 Å². The van der Waals surface area contributed by atoms with Gasteiger partial charge in [-0.05, 0) is 28.8 Å². The van der Waals surface area contributed by atoms with Crippen LogP contribution in [0.4, 0.5) is 18.9 Å². The molecule has 1 aliphatic rings. The molecule has 1 saturated heterocycles. The van der Waals surface area contributed by atoms with Crippen molar-refractivity contribution in [3.05, 3.63) is 39.0 Å². The van der Waals surface area contributed by atoms with E-state index in [1.165, 1.54) is 12.5 Å². The van der Waals surface area contributed by atoms with Crippen molar-refractivity contribution in [2.24, 2.45) is 0 Å². The first-order chi connectivity index (χ1) is 10.9. The van der Waals surface area contributed by atoms with Crippen molar-refractivity contribution in [1.82, 2.24) is 14.9 Å². The highest BCUT2D eigenvalue weighted by atomic mass is 79.9. The minimum atomic E-state index is -4.51. The Kier molecular flexibility index (Phi) is 4.17. The molecule has 0 amide bonds. The maximum absolute atomic E-state index is 12.5. The van der Waals surface area contributed by atoms with E-state index in [1.54, 1.807) is 6.07 Å². The molecular formula is C13H12BrF3N4O2. The van der Waals surface area contributed by atoms with Crippen LogP contribution in [0.25, 0.3) is 0 Å². The summed E-state index contributed by atoms with van der Waals surface area (Å²) in [6, 6.07) is 1.64. The van der Waals surface area contributed by atoms with Crippen molar-refractivity contribution >= 4 is 21.6 Å². The summed E-state index contributed by atoms with van der Waals surface area (Å²) in [5.41, 5.74) is 0.360. The number of rotatable bonds is 3. The van der Waals surface area contributed by atoms with Crippen molar-refractivity contribution < 1.29 is 17.7 Å². The lowest BCUT2D eigenvalue weighted by molar-refractivity contribution is -0.143. The quantitative estimate of drug-likeness (QED) is 0.803. The second kappa shape index (κ2) is 5.99. The van der Waals surface area contributed by atoms with Crippen molar-refractivity contribution in [2.75, 3.05) is 11.4 Å². The average molecular weight is 393 g/mol. The molecule has 124 valence electrons. The lowest BCUT2D eigenvalue weighted by Gasteiger charge is -2.26. The van der Waals surface area contributed by atoms with E-state index in [9.17, 15) is 18.0 Å². The molecule has 3 rings (SSSR count). The highest BCUT2D eigenvalue weighted by Crippen LogP contribution is 2.37. The fraction of sp³-hybridized carbons (Fsp3) is 0.462. The zero-order valence-corrected chi connectivity index (χ0v) is 13.3. The molecule has 1 aliphatic heterocycles. The summed E-state index contributed by atoms with van der Waals surface area (Å²) in [7, 11) is 0. The third-order valence-corrected chi connectivity index (χ3v) is 4.40. The average Bonchev–Trinajstić information content (AvgIpc) is 3.13. The van der Waals surface area contributed by atoms with Crippen LogP contribution in [0.2, 0.25) is 0 Å². The molecule has 10 heteroatoms. The molecule has 2 aromatic rings. The number of anilines is 1. The monoisotopic (exact) mass is 392 g/mol. The smallest absolute Gasteiger partial charge is 0.364 e. The second-order valence-corrected chi connectivity index (χ2v) is 5.99. The molecule has 3 heterocycles. The maximum Gasteiger partial charge on any atom is 0.408 e. The van der Waals surface area contributed by atoms with Gasteiger partial charge in [0.1, 0.15) is 23.0 Å². The van der Waals surface area contributed by atoms with Crippen LogP contribution in [-0.4, -0.2) is 27.7 Å². The minimum absolute atomic E-state index is 0.0622. The molecule has 0 unspecified atom stereocenters. The van der Waals surface area contributed by atoms with Crippen LogP contribution in [0.3, 0.4) is 0 Å². The predicted octanol–water partition coefficient (Wildman–Crippen LogP) is 2.90. The van der Waals surface area contributed by atoms with Crippen molar-refractivity contribution in [2.45, 2.75) is 31.6 Å². The molecule has 0 spiro atoms. The van der Waals surface area contributed by atoms with Crippen molar-refractivity contribution in [3.63, 3.8) is 0 Å². The lowest BCUT2D eigenvalue weighted by atomic mass is 10.1. The van der Waals surface area contributed by atoms with E-state index in [0.717, 1.165) is 12.8 Å². The van der Waals surface area contributed by atoms with Crippen LogP contribution in [-0.2, 0) is 6.54 Å². The standard InChI is InChI=1S/C13H12BrF3N4O2/c14-11-10(6-18-21(12(11)22)7-13(15,16)17)20-4-1-2-9(20)8-3-5-23-19-8/h3,5-6,9H,1-2,4,7H2/t9-/m0/s1. The van der Waals surface area contributed by atoms with Gasteiger partial charge in [-0.15, -0.1) is 0 Å². The molecule has 2 aromatic heterocycles. The number of aromatic nitrogens is 3. The number of halogens is 4. The number of hydrogen-bond donors (Lipinski definition) is 0. The number of hydrogen-bond acceptors (Lipinski definition) is 5. The third kappa shape index (κ3) is 3.26. The summed E-state index contributed by atoms with van der Waals surface area (Å²) in [4.78, 5) is 14.0. The number of alkyl halides is 3. The van der Waals surface area contributed by atoms with E-state index in [4.69, 9.17) is 4.52 Å². The van der Waals surface area contributed by atoms with Crippen molar-refractivity contribution in [1.29, 1.82) is 0 Å². The molecule has 0 bridgehead atoms. The molecule has 6 nitrogen and oxygen atoms in total. The van der Waals surface area contributed by atoms with Gasteiger partial charge in [0.05, 0.1) is 17.9 Å². The van der Waals surface area contributed by atoms with Crippen LogP contribution in [0.15, 0.2) is 32.3 Å². The van der Waals surface area contributed by atoms with E-state index in [0.29, 0.717) is 22.6 Å². The second-order valence-electron chi connectivity index (χ2n) is 5.20. The fourth-order valence-electron chi connectivity index (χ4n) is 2.70. The summed E-state index contributed by atoms with van der Waals surface area (Å²) in [5, 5.41) is 7.56. The molecule has 0 aromatic carbocycles. The van der Waals surface area contributed by atoms with Gasteiger partial charge in [0, 0.05) is 12.6 Å². The molecule has 0 aliphatic carbocycles. The first-order valence-electron chi connectivity index (χ1n) is 6.86. The summed E-state index contributed by atoms with van der Waals surface area (Å²) in [6.45, 7) is -0.766. The first-order valence-corrected chi connectivity index (χ1v) is 7.65. The molecular weight excluding hydrogens is 381 g/mol. The van der Waals surface area contributed by atoms with Gasteiger partial charge in [0.25, 0.3) is 5.56 Å². The molecule has 1 atom stereocenters. The van der Waals surface area contributed by atoms with Gasteiger partial charge >= 0.3 is 6.18 Å². The van der Waals surface area contributed by atoms with Crippen LogP contribution >= 0.6 is 15.9 Å². The van der Waals surface area contributed by atoms with Crippen LogP contribution in [0.5, 0.6) is 0 Å². The van der Waals surface area contributed by atoms with Gasteiger partial charge in [0.15, 0.2) is 0 Å². The Morgan fingerprint density at radius 1 is 1.43 bits per heavy atom. The largest absolute Gasteiger partial charge is 0.408 e. The first kappa shape index (κ1) is 16.0. The van der Waals surface area contributed by atoms with E-state index in [-0.39, 0.29) is 10.5 Å². The predicted molar refractivity (Wildman–Crippen MR) is 78.1 cm³/mol. The van der Waals surface area contributed by atoms with E-state index >= 15 is 0 Å². The van der Waals surface area contributed by atoms with Gasteiger partial charge in [-0.3, -0.25) is 4.79 Å². The highest BCUT2D eigenvalue weighted by Gasteiger charge is 2.33. The maximum atomic E-state index is 12.5. The Labute approximate surface area is 137 Å². The third-order valence-electron chi connectivity index (χ3n) is 3.66. The summed E-state index contributed by atoms with van der Waals surface area (Å²) < 4.78 is 42.7. The molecule has 0 saturated carbocycles. The minimum Gasteiger partial charge on any atom is -0.364 e. The molecule has 0 radical (unpaired) electrons. The van der Waals surface area contributed by atoms with Crippen LogP contribution in [0, 0.1) is 0 Å². The van der Waals surface area contributed by atoms with Gasteiger partial charge in [0.2, 0.25) is 0 Å².